The summed E-state index contributed by atoms with van der Waals surface area (Å²) in [4.78, 5) is 24.2. The molecule has 0 aliphatic heterocycles. The lowest BCUT2D eigenvalue weighted by Gasteiger charge is -2.33. The third-order valence-electron chi connectivity index (χ3n) is 3.05. The van der Waals surface area contributed by atoms with Crippen LogP contribution >= 0.6 is 0 Å². The number of aliphatic carboxylic acids is 1. The summed E-state index contributed by atoms with van der Waals surface area (Å²) in [5.74, 6) is -1.08. The minimum atomic E-state index is -1.34. The average molecular weight is 265 g/mol. The summed E-state index contributed by atoms with van der Waals surface area (Å²) >= 11 is 0. The van der Waals surface area contributed by atoms with Crippen LogP contribution in [0.4, 0.5) is 4.79 Å². The second-order valence-electron chi connectivity index (χ2n) is 4.91. The molecule has 0 spiro atoms. The molecule has 0 heterocycles. The first kappa shape index (κ1) is 15.0. The van der Waals surface area contributed by atoms with Gasteiger partial charge in [0.15, 0.2) is 0 Å². The normalized spacial score (nSPS) is 10.9. The lowest BCUT2D eigenvalue weighted by molar-refractivity contribution is -0.148. The molecule has 19 heavy (non-hydrogen) atoms. The average Bonchev–Trinajstić information content (AvgIpc) is 2.36. The Morgan fingerprint density at radius 2 is 1.79 bits per heavy atom. The van der Waals surface area contributed by atoms with Crippen LogP contribution in [0.1, 0.15) is 25.0 Å². The van der Waals surface area contributed by atoms with Crippen LogP contribution in [-0.4, -0.2) is 34.7 Å². The van der Waals surface area contributed by atoms with E-state index in [0.29, 0.717) is 0 Å². The number of carboxylic acid groups (broad SMARTS) is 1. The number of nitrogens with zero attached hydrogens (tertiary/aromatic N) is 1. The predicted molar refractivity (Wildman–Crippen MR) is 70.8 cm³/mol. The number of carbonyl (C=O) groups excluding carboxylic acids is 1. The largest absolute Gasteiger partial charge is 0.480 e. The summed E-state index contributed by atoms with van der Waals surface area (Å²) in [6, 6.07) is 7.56. The van der Waals surface area contributed by atoms with Gasteiger partial charge in [-0.05, 0) is 26.3 Å². The van der Waals surface area contributed by atoms with Crippen molar-refractivity contribution >= 4 is 12.1 Å². The number of ether oxygens (including phenoxy) is 1. The molecule has 0 bridgehead atoms. The highest BCUT2D eigenvalue weighted by Gasteiger charge is 2.38. The summed E-state index contributed by atoms with van der Waals surface area (Å²) in [7, 11) is 1.24. The molecule has 1 aromatic rings. The number of hydrogen-bond donors (Lipinski definition) is 1. The number of rotatable bonds is 4. The molecule has 1 amide bonds. The van der Waals surface area contributed by atoms with Gasteiger partial charge < -0.3 is 9.84 Å². The topological polar surface area (TPSA) is 66.8 Å². The van der Waals surface area contributed by atoms with Gasteiger partial charge in [0.2, 0.25) is 0 Å². The first-order valence-corrected chi connectivity index (χ1v) is 5.93. The number of amides is 1. The van der Waals surface area contributed by atoms with E-state index >= 15 is 0 Å². The molecule has 5 heteroatoms. The molecule has 0 radical (unpaired) electrons. The maximum atomic E-state index is 11.8. The van der Waals surface area contributed by atoms with Gasteiger partial charge in [0, 0.05) is 0 Å². The van der Waals surface area contributed by atoms with Crippen LogP contribution in [0.2, 0.25) is 0 Å². The van der Waals surface area contributed by atoms with E-state index in [0.717, 1.165) is 11.1 Å². The van der Waals surface area contributed by atoms with Gasteiger partial charge in [-0.3, -0.25) is 4.90 Å². The zero-order valence-corrected chi connectivity index (χ0v) is 11.6. The zero-order valence-electron chi connectivity index (χ0n) is 11.6. The van der Waals surface area contributed by atoms with Crippen LogP contribution in [0, 0.1) is 6.92 Å². The lowest BCUT2D eigenvalue weighted by atomic mass is 10.0. The van der Waals surface area contributed by atoms with E-state index in [1.807, 2.05) is 31.2 Å². The fraction of sp³-hybridized carbons (Fsp3) is 0.429. The summed E-state index contributed by atoms with van der Waals surface area (Å²) in [5.41, 5.74) is 0.619. The van der Waals surface area contributed by atoms with E-state index < -0.39 is 17.6 Å². The van der Waals surface area contributed by atoms with E-state index in [2.05, 4.69) is 4.74 Å². The lowest BCUT2D eigenvalue weighted by Crippen LogP contribution is -2.52. The number of hydrogen-bond acceptors (Lipinski definition) is 3. The van der Waals surface area contributed by atoms with E-state index in [9.17, 15) is 14.7 Å². The predicted octanol–water partition coefficient (Wildman–Crippen LogP) is 2.43. The van der Waals surface area contributed by atoms with Crippen molar-refractivity contribution in [2.45, 2.75) is 32.9 Å². The highest BCUT2D eigenvalue weighted by Crippen LogP contribution is 2.20. The number of aryl methyl sites for hydroxylation is 1. The second kappa shape index (κ2) is 5.73. The van der Waals surface area contributed by atoms with Crippen LogP contribution in [0.3, 0.4) is 0 Å². The molecule has 1 aromatic carbocycles. The van der Waals surface area contributed by atoms with Crippen LogP contribution in [0.15, 0.2) is 24.3 Å². The molecule has 0 unspecified atom stereocenters. The van der Waals surface area contributed by atoms with Crippen LogP contribution in [0.25, 0.3) is 0 Å². The number of benzene rings is 1. The molecule has 1 rings (SSSR count). The van der Waals surface area contributed by atoms with E-state index in [1.54, 1.807) is 0 Å². The molecule has 104 valence electrons. The molecule has 0 fully saturated rings. The maximum Gasteiger partial charge on any atom is 0.410 e. The smallest absolute Gasteiger partial charge is 0.410 e. The molecular weight excluding hydrogens is 246 g/mol. The van der Waals surface area contributed by atoms with Crippen LogP contribution in [0.5, 0.6) is 0 Å². The monoisotopic (exact) mass is 265 g/mol. The Kier molecular flexibility index (Phi) is 4.53. The van der Waals surface area contributed by atoms with Gasteiger partial charge in [-0.2, -0.15) is 0 Å². The van der Waals surface area contributed by atoms with Crippen molar-refractivity contribution in [3.05, 3.63) is 35.4 Å². The van der Waals surface area contributed by atoms with Crippen molar-refractivity contribution in [2.24, 2.45) is 0 Å². The number of methoxy groups -OCH3 is 1. The Labute approximate surface area is 112 Å². The second-order valence-corrected chi connectivity index (χ2v) is 4.91. The number of carboxylic acids is 1. The van der Waals surface area contributed by atoms with Crippen molar-refractivity contribution in [1.82, 2.24) is 4.90 Å². The van der Waals surface area contributed by atoms with Crippen molar-refractivity contribution in [1.29, 1.82) is 0 Å². The van der Waals surface area contributed by atoms with Crippen LogP contribution < -0.4 is 0 Å². The third kappa shape index (κ3) is 3.47. The summed E-state index contributed by atoms with van der Waals surface area (Å²) in [5, 5.41) is 9.23. The van der Waals surface area contributed by atoms with Gasteiger partial charge in [0.05, 0.1) is 13.7 Å². The maximum absolute atomic E-state index is 11.8. The molecule has 1 N–H and O–H groups in total. The van der Waals surface area contributed by atoms with Gasteiger partial charge in [-0.15, -0.1) is 0 Å². The van der Waals surface area contributed by atoms with Gasteiger partial charge in [-0.1, -0.05) is 29.8 Å². The SMILES string of the molecule is COC(=O)N(Cc1ccc(C)cc1)C(C)(C)C(=O)O. The van der Waals surface area contributed by atoms with E-state index in [1.165, 1.54) is 25.9 Å². The fourth-order valence-corrected chi connectivity index (χ4v) is 1.59. The Balaban J connectivity index is 3.02. The Morgan fingerprint density at radius 3 is 2.21 bits per heavy atom. The third-order valence-corrected chi connectivity index (χ3v) is 3.05. The highest BCUT2D eigenvalue weighted by atomic mass is 16.5. The quantitative estimate of drug-likeness (QED) is 0.908. The molecular formula is C14H19NO4. The first-order chi connectivity index (χ1) is 8.78. The van der Waals surface area contributed by atoms with Crippen molar-refractivity contribution in [3.8, 4) is 0 Å². The van der Waals surface area contributed by atoms with Gasteiger partial charge in [0.1, 0.15) is 5.54 Å². The van der Waals surface area contributed by atoms with Crippen molar-refractivity contribution in [3.63, 3.8) is 0 Å². The molecule has 0 aliphatic rings. The Morgan fingerprint density at radius 1 is 1.26 bits per heavy atom. The van der Waals surface area contributed by atoms with Crippen LogP contribution in [-0.2, 0) is 16.1 Å². The molecule has 0 saturated heterocycles. The van der Waals surface area contributed by atoms with Gasteiger partial charge in [-0.25, -0.2) is 9.59 Å². The van der Waals surface area contributed by atoms with E-state index in [4.69, 9.17) is 0 Å². The standard InChI is InChI=1S/C14H19NO4/c1-10-5-7-11(8-6-10)9-15(13(18)19-4)14(2,3)12(16)17/h5-8H,9H2,1-4H3,(H,16,17). The summed E-state index contributed by atoms with van der Waals surface area (Å²) < 4.78 is 4.67. The van der Waals surface area contributed by atoms with Crippen molar-refractivity contribution < 1.29 is 19.4 Å². The molecule has 0 aromatic heterocycles. The zero-order chi connectivity index (χ0) is 14.6. The summed E-state index contributed by atoms with van der Waals surface area (Å²) in [6.07, 6.45) is -0.659. The van der Waals surface area contributed by atoms with Gasteiger partial charge >= 0.3 is 12.1 Å². The minimum absolute atomic E-state index is 0.187. The molecule has 0 aliphatic carbocycles. The van der Waals surface area contributed by atoms with Gasteiger partial charge in [0.25, 0.3) is 0 Å². The first-order valence-electron chi connectivity index (χ1n) is 5.93. The van der Waals surface area contributed by atoms with E-state index in [-0.39, 0.29) is 6.54 Å². The molecule has 0 saturated carbocycles. The Hall–Kier alpha value is -2.04. The molecule has 5 nitrogen and oxygen atoms in total. The number of carbonyl (C=O) groups is 2. The highest BCUT2D eigenvalue weighted by molar-refractivity contribution is 5.83. The van der Waals surface area contributed by atoms with Crippen molar-refractivity contribution in [2.75, 3.05) is 7.11 Å². The summed E-state index contributed by atoms with van der Waals surface area (Å²) in [6.45, 7) is 5.09. The molecule has 0 atom stereocenters. The fourth-order valence-electron chi connectivity index (χ4n) is 1.59. The Bertz CT molecular complexity index is 465. The minimum Gasteiger partial charge on any atom is -0.480 e.